The minimum Gasteiger partial charge on any atom is -0.477 e. The Hall–Kier alpha value is -2.87. The summed E-state index contributed by atoms with van der Waals surface area (Å²) in [7, 11) is 0. The molecule has 0 amide bonds. The van der Waals surface area contributed by atoms with Crippen molar-refractivity contribution in [2.75, 3.05) is 0 Å². The molecule has 0 aliphatic rings. The highest BCUT2D eigenvalue weighted by atomic mass is 16.4. The summed E-state index contributed by atoms with van der Waals surface area (Å²) < 4.78 is 1.23. The number of carboxylic acid groups (broad SMARTS) is 1. The Morgan fingerprint density at radius 1 is 1.37 bits per heavy atom. The van der Waals surface area contributed by atoms with Gasteiger partial charge in [0.25, 0.3) is 5.56 Å². The van der Waals surface area contributed by atoms with E-state index < -0.39 is 11.5 Å². The second-order valence-electron chi connectivity index (χ2n) is 3.75. The van der Waals surface area contributed by atoms with Crippen molar-refractivity contribution in [3.8, 4) is 23.7 Å². The van der Waals surface area contributed by atoms with E-state index in [0.717, 1.165) is 0 Å². The highest BCUT2D eigenvalue weighted by molar-refractivity contribution is 5.87. The van der Waals surface area contributed by atoms with Gasteiger partial charge < -0.3 is 5.11 Å². The molecule has 0 unspecified atom stereocenters. The molecular formula is C14H10N2O3. The van der Waals surface area contributed by atoms with Crippen LogP contribution in [0, 0.1) is 12.3 Å². The Labute approximate surface area is 109 Å². The molecule has 0 spiro atoms. The summed E-state index contributed by atoms with van der Waals surface area (Å²) in [6.07, 6.45) is 6.81. The van der Waals surface area contributed by atoms with Crippen LogP contribution in [0.4, 0.5) is 0 Å². The number of rotatable bonds is 3. The van der Waals surface area contributed by atoms with E-state index in [-0.39, 0.29) is 12.1 Å². The van der Waals surface area contributed by atoms with Gasteiger partial charge in [0.05, 0.1) is 17.9 Å². The normalized spacial score (nSPS) is 9.84. The van der Waals surface area contributed by atoms with Gasteiger partial charge in [-0.05, 0) is 24.3 Å². The van der Waals surface area contributed by atoms with Gasteiger partial charge in [0, 0.05) is 6.20 Å². The molecule has 0 atom stereocenters. The van der Waals surface area contributed by atoms with Crippen LogP contribution in [0.5, 0.6) is 0 Å². The third kappa shape index (κ3) is 2.38. The second-order valence-corrected chi connectivity index (χ2v) is 3.75. The highest BCUT2D eigenvalue weighted by Crippen LogP contribution is 2.15. The quantitative estimate of drug-likeness (QED) is 0.836. The monoisotopic (exact) mass is 254 g/mol. The van der Waals surface area contributed by atoms with E-state index in [4.69, 9.17) is 11.5 Å². The molecule has 0 aromatic carbocycles. The van der Waals surface area contributed by atoms with Crippen LogP contribution < -0.4 is 5.56 Å². The van der Waals surface area contributed by atoms with Crippen molar-refractivity contribution in [3.63, 3.8) is 0 Å². The van der Waals surface area contributed by atoms with Gasteiger partial charge in [0.15, 0.2) is 0 Å². The summed E-state index contributed by atoms with van der Waals surface area (Å²) in [5.41, 5.74) is 0.115. The van der Waals surface area contributed by atoms with E-state index in [9.17, 15) is 9.59 Å². The van der Waals surface area contributed by atoms with Crippen LogP contribution in [-0.4, -0.2) is 20.6 Å². The predicted octanol–water partition coefficient (Wildman–Crippen LogP) is 1.24. The van der Waals surface area contributed by atoms with Gasteiger partial charge in [-0.15, -0.1) is 6.42 Å². The molecule has 2 aromatic heterocycles. The average molecular weight is 254 g/mol. The van der Waals surface area contributed by atoms with Crippen molar-refractivity contribution in [1.29, 1.82) is 0 Å². The second kappa shape index (κ2) is 5.19. The topological polar surface area (TPSA) is 72.2 Å². The number of aromatic nitrogens is 2. The maximum Gasteiger partial charge on any atom is 0.341 e. The summed E-state index contributed by atoms with van der Waals surface area (Å²) in [5.74, 6) is 1.07. The van der Waals surface area contributed by atoms with Crippen LogP contribution in [0.2, 0.25) is 0 Å². The lowest BCUT2D eigenvalue weighted by atomic mass is 10.2. The van der Waals surface area contributed by atoms with Crippen molar-refractivity contribution >= 4 is 5.97 Å². The van der Waals surface area contributed by atoms with Gasteiger partial charge in [-0.25, -0.2) is 4.79 Å². The van der Waals surface area contributed by atoms with Crippen LogP contribution >= 0.6 is 0 Å². The molecule has 5 nitrogen and oxygen atoms in total. The molecule has 19 heavy (non-hydrogen) atoms. The third-order valence-corrected chi connectivity index (χ3v) is 2.58. The molecular weight excluding hydrogens is 244 g/mol. The summed E-state index contributed by atoms with van der Waals surface area (Å²) in [5, 5.41) is 8.94. The number of hydrogen-bond acceptors (Lipinski definition) is 3. The minimum atomic E-state index is -1.27. The zero-order chi connectivity index (χ0) is 13.8. The molecule has 0 radical (unpaired) electrons. The number of pyridine rings is 2. The number of nitrogens with zero attached hydrogens (tertiary/aromatic N) is 2. The predicted molar refractivity (Wildman–Crippen MR) is 69.7 cm³/mol. The van der Waals surface area contributed by atoms with Gasteiger partial charge in [0.2, 0.25) is 0 Å². The lowest BCUT2D eigenvalue weighted by Crippen LogP contribution is -2.27. The van der Waals surface area contributed by atoms with E-state index >= 15 is 0 Å². The summed E-state index contributed by atoms with van der Waals surface area (Å²) in [6.45, 7) is -0.00807. The number of terminal acetylenes is 1. The highest BCUT2D eigenvalue weighted by Gasteiger charge is 2.14. The van der Waals surface area contributed by atoms with Crippen LogP contribution in [0.25, 0.3) is 11.4 Å². The van der Waals surface area contributed by atoms with E-state index in [2.05, 4.69) is 10.9 Å². The molecule has 5 heteroatoms. The van der Waals surface area contributed by atoms with Crippen molar-refractivity contribution in [2.24, 2.45) is 0 Å². The number of hydrogen-bond donors (Lipinski definition) is 1. The number of carboxylic acids is 1. The molecule has 2 heterocycles. The van der Waals surface area contributed by atoms with Gasteiger partial charge >= 0.3 is 5.97 Å². The first-order chi connectivity index (χ1) is 9.15. The zero-order valence-corrected chi connectivity index (χ0v) is 9.91. The largest absolute Gasteiger partial charge is 0.477 e. The number of aromatic carboxylic acids is 1. The van der Waals surface area contributed by atoms with Gasteiger partial charge in [-0.2, -0.15) is 0 Å². The van der Waals surface area contributed by atoms with Gasteiger partial charge in [-0.3, -0.25) is 14.3 Å². The van der Waals surface area contributed by atoms with E-state index in [1.165, 1.54) is 16.7 Å². The van der Waals surface area contributed by atoms with Crippen LogP contribution in [0.15, 0.2) is 41.3 Å². The molecule has 0 fully saturated rings. The Morgan fingerprint density at radius 3 is 2.74 bits per heavy atom. The molecule has 0 bridgehead atoms. The summed E-state index contributed by atoms with van der Waals surface area (Å²) in [4.78, 5) is 27.1. The molecule has 0 saturated heterocycles. The molecule has 2 aromatic rings. The molecule has 0 aliphatic heterocycles. The standard InChI is InChI=1S/C14H10N2O3/c1-2-9-16-12(11-5-3-4-8-15-11)7-6-10(13(16)17)14(18)19/h1,3-8H,9H2,(H,18,19). The molecule has 0 saturated carbocycles. The molecule has 94 valence electrons. The van der Waals surface area contributed by atoms with Crippen molar-refractivity contribution in [3.05, 3.63) is 52.4 Å². The summed E-state index contributed by atoms with van der Waals surface area (Å²) >= 11 is 0. The van der Waals surface area contributed by atoms with Gasteiger partial charge in [-0.1, -0.05) is 12.0 Å². The first-order valence-electron chi connectivity index (χ1n) is 5.47. The lowest BCUT2D eigenvalue weighted by molar-refractivity contribution is 0.0694. The maximum atomic E-state index is 12.1. The number of carbonyl (C=O) groups is 1. The Balaban J connectivity index is 2.70. The zero-order valence-electron chi connectivity index (χ0n) is 9.91. The summed E-state index contributed by atoms with van der Waals surface area (Å²) in [6, 6.07) is 8.05. The Bertz CT molecular complexity index is 712. The van der Waals surface area contributed by atoms with Crippen LogP contribution in [-0.2, 0) is 6.54 Å². The Morgan fingerprint density at radius 2 is 2.16 bits per heavy atom. The fourth-order valence-corrected chi connectivity index (χ4v) is 1.73. The van der Waals surface area contributed by atoms with E-state index in [1.807, 2.05) is 0 Å². The smallest absolute Gasteiger partial charge is 0.341 e. The Kier molecular flexibility index (Phi) is 3.44. The minimum absolute atomic E-state index is 0.00807. The van der Waals surface area contributed by atoms with E-state index in [1.54, 1.807) is 24.4 Å². The fraction of sp³-hybridized carbons (Fsp3) is 0.0714. The molecule has 1 N–H and O–H groups in total. The maximum absolute atomic E-state index is 12.1. The molecule has 2 rings (SSSR count). The van der Waals surface area contributed by atoms with Crippen molar-refractivity contribution in [2.45, 2.75) is 6.54 Å². The fourth-order valence-electron chi connectivity index (χ4n) is 1.73. The van der Waals surface area contributed by atoms with Crippen molar-refractivity contribution < 1.29 is 9.90 Å². The van der Waals surface area contributed by atoms with Crippen molar-refractivity contribution in [1.82, 2.24) is 9.55 Å². The SMILES string of the molecule is C#CCn1c(-c2ccccn2)ccc(C(=O)O)c1=O. The lowest BCUT2D eigenvalue weighted by Gasteiger charge is -2.10. The van der Waals surface area contributed by atoms with E-state index in [0.29, 0.717) is 11.4 Å². The van der Waals surface area contributed by atoms with Crippen LogP contribution in [0.1, 0.15) is 10.4 Å². The van der Waals surface area contributed by atoms with Crippen LogP contribution in [0.3, 0.4) is 0 Å². The molecule has 0 aliphatic carbocycles. The third-order valence-electron chi connectivity index (χ3n) is 2.58. The first-order valence-corrected chi connectivity index (χ1v) is 5.47. The average Bonchev–Trinajstić information content (AvgIpc) is 2.41. The van der Waals surface area contributed by atoms with Gasteiger partial charge in [0.1, 0.15) is 5.56 Å². The first kappa shape index (κ1) is 12.6.